The summed E-state index contributed by atoms with van der Waals surface area (Å²) in [6, 6.07) is 0. The Morgan fingerprint density at radius 1 is 0.235 bits per heavy atom. The average Bonchev–Trinajstić information content (AvgIpc) is 2.30. The van der Waals surface area contributed by atoms with Crippen LogP contribution in [0.3, 0.4) is 0 Å². The Morgan fingerprint density at radius 3 is 0.235 bits per heavy atom. The Labute approximate surface area is 278 Å². The number of hydrogen-bond acceptors (Lipinski definition) is 24. The average molecular weight is 571 g/mol. The molecule has 0 atom stereocenters. The van der Waals surface area contributed by atoms with Gasteiger partial charge in [-0.2, -0.15) is 0 Å². The standard InChI is InChI=1S/7BH3O3.BHO3.2K/c8*2-1(3)4;;/h7*2-4H;2H;;/q;;;;;;;-2;2*+1. The van der Waals surface area contributed by atoms with Gasteiger partial charge < -0.3 is 121 Å². The first-order valence-corrected chi connectivity index (χ1v) is 6.15. The molecule has 0 amide bonds. The molecule has 0 spiro atoms. The van der Waals surface area contributed by atoms with Crippen molar-refractivity contribution >= 4 is 58.6 Å². The van der Waals surface area contributed by atoms with Gasteiger partial charge in [0.2, 0.25) is 0 Å². The minimum Gasteiger partial charge on any atom is -0.871 e. The van der Waals surface area contributed by atoms with E-state index in [-0.39, 0.29) is 103 Å². The molecule has 0 fully saturated rings. The zero-order chi connectivity index (χ0) is 28.6. The van der Waals surface area contributed by atoms with Gasteiger partial charge in [0.1, 0.15) is 0 Å². The number of rotatable bonds is 0. The fourth-order valence-electron chi connectivity index (χ4n) is 0. The summed E-state index contributed by atoms with van der Waals surface area (Å²) in [5, 5.41) is 174. The van der Waals surface area contributed by atoms with Gasteiger partial charge in [0.25, 0.3) is 0 Å². The van der Waals surface area contributed by atoms with Crippen LogP contribution in [0, 0.1) is 0 Å². The maximum Gasteiger partial charge on any atom is 1.00 e. The van der Waals surface area contributed by atoms with Crippen LogP contribution in [0.5, 0.6) is 0 Å². The molecular formula is H22B8K2O24. The van der Waals surface area contributed by atoms with Crippen LogP contribution in [0.1, 0.15) is 0 Å². The van der Waals surface area contributed by atoms with Crippen molar-refractivity contribution in [3.05, 3.63) is 0 Å². The van der Waals surface area contributed by atoms with Crippen LogP contribution in [0.15, 0.2) is 0 Å². The van der Waals surface area contributed by atoms with E-state index in [2.05, 4.69) is 0 Å². The minimum atomic E-state index is -2.67. The molecule has 24 nitrogen and oxygen atoms in total. The second-order valence-electron chi connectivity index (χ2n) is 2.73. The van der Waals surface area contributed by atoms with Gasteiger partial charge in [0, 0.05) is 0 Å². The first-order valence-electron chi connectivity index (χ1n) is 6.15. The molecule has 22 N–H and O–H groups in total. The van der Waals surface area contributed by atoms with Crippen molar-refractivity contribution in [1.82, 2.24) is 0 Å². The Morgan fingerprint density at radius 2 is 0.235 bits per heavy atom. The maximum absolute atomic E-state index is 8.53. The van der Waals surface area contributed by atoms with E-state index in [1.165, 1.54) is 0 Å². The SMILES string of the molecule is OB(O)O.OB(O)O.OB(O)O.OB(O)O.OB(O)O.OB(O)O.OB(O)O.[K+].[K+].[O-]B([O-])O. The van der Waals surface area contributed by atoms with E-state index in [1.807, 2.05) is 0 Å². The fraction of sp³-hybridized carbons (Fsp3) is 0. The predicted molar refractivity (Wildman–Crippen MR) is 94.8 cm³/mol. The summed E-state index contributed by atoms with van der Waals surface area (Å²) in [5.41, 5.74) is 0. The maximum atomic E-state index is 8.53. The normalized spacial score (nSPS) is 6.35. The van der Waals surface area contributed by atoms with Crippen LogP contribution < -0.4 is 113 Å². The zero-order valence-corrected chi connectivity index (χ0v) is 23.5. The zero-order valence-electron chi connectivity index (χ0n) is 17.3. The Kier molecular flexibility index (Phi) is 117. The van der Waals surface area contributed by atoms with Gasteiger partial charge in [0.15, 0.2) is 0 Å². The topological polar surface area (TPSA) is 491 Å². The van der Waals surface area contributed by atoms with Gasteiger partial charge in [0.05, 0.1) is 7.32 Å². The van der Waals surface area contributed by atoms with Crippen molar-refractivity contribution in [3.8, 4) is 0 Å². The van der Waals surface area contributed by atoms with Gasteiger partial charge in [-0.3, -0.25) is 0 Å². The van der Waals surface area contributed by atoms with Gasteiger partial charge in [-0.25, -0.2) is 0 Å². The summed E-state index contributed by atoms with van der Waals surface area (Å²) >= 11 is 0. The fourth-order valence-corrected chi connectivity index (χ4v) is 0. The smallest absolute Gasteiger partial charge is 0.871 e. The second-order valence-corrected chi connectivity index (χ2v) is 2.73. The predicted octanol–water partition coefficient (Wildman–Crippen LogP) is -23.7. The Hall–Kier alpha value is 2.83. The van der Waals surface area contributed by atoms with Gasteiger partial charge in [-0.05, 0) is 0 Å². The van der Waals surface area contributed by atoms with E-state index in [9.17, 15) is 0 Å². The summed E-state index contributed by atoms with van der Waals surface area (Å²) < 4.78 is 0. The minimum absolute atomic E-state index is 0. The molecule has 0 heterocycles. The van der Waals surface area contributed by atoms with E-state index in [0.717, 1.165) is 0 Å². The van der Waals surface area contributed by atoms with E-state index in [1.54, 1.807) is 0 Å². The van der Waals surface area contributed by atoms with Crippen molar-refractivity contribution in [3.63, 3.8) is 0 Å². The van der Waals surface area contributed by atoms with Crippen LogP contribution in [-0.4, -0.2) is 169 Å². The molecule has 0 unspecified atom stereocenters. The molecule has 0 aromatic rings. The van der Waals surface area contributed by atoms with Crippen molar-refractivity contribution in [2.75, 3.05) is 0 Å². The summed E-state index contributed by atoms with van der Waals surface area (Å²) in [7, 11) is -17.8. The van der Waals surface area contributed by atoms with Crippen LogP contribution in [-0.2, 0) is 0 Å². The molecule has 0 aromatic heterocycles. The van der Waals surface area contributed by atoms with E-state index in [4.69, 9.17) is 121 Å². The van der Waals surface area contributed by atoms with Crippen molar-refractivity contribution in [1.29, 1.82) is 0 Å². The quantitative estimate of drug-likeness (QED) is 0.120. The first kappa shape index (κ1) is 65.7. The third kappa shape index (κ3) is 4970. The van der Waals surface area contributed by atoms with Crippen molar-refractivity contribution in [2.45, 2.75) is 0 Å². The van der Waals surface area contributed by atoms with Crippen molar-refractivity contribution < 1.29 is 223 Å². The summed E-state index contributed by atoms with van der Waals surface area (Å²) in [6.07, 6.45) is 0. The van der Waals surface area contributed by atoms with Crippen molar-refractivity contribution in [2.24, 2.45) is 0 Å². The van der Waals surface area contributed by atoms with Crippen LogP contribution in [0.4, 0.5) is 0 Å². The van der Waals surface area contributed by atoms with Gasteiger partial charge in [-0.15, -0.1) is 0 Å². The molecule has 34 heteroatoms. The third-order valence-corrected chi connectivity index (χ3v) is 0. The molecule has 0 bridgehead atoms. The monoisotopic (exact) mass is 572 g/mol. The van der Waals surface area contributed by atoms with E-state index in [0.29, 0.717) is 0 Å². The van der Waals surface area contributed by atoms with Gasteiger partial charge >= 0.3 is 154 Å². The van der Waals surface area contributed by atoms with Gasteiger partial charge in [-0.1, -0.05) is 0 Å². The Balaban J connectivity index is -0.0000000240. The second kappa shape index (κ2) is 60.4. The molecule has 0 rings (SSSR count). The van der Waals surface area contributed by atoms with Crippen LogP contribution in [0.2, 0.25) is 0 Å². The molecule has 0 radical (unpaired) electrons. The molecule has 0 aliphatic carbocycles. The van der Waals surface area contributed by atoms with Crippen LogP contribution >= 0.6 is 0 Å². The first-order chi connectivity index (χ1) is 13.9. The molecule has 0 aromatic carbocycles. The summed E-state index contributed by atoms with van der Waals surface area (Å²) in [4.78, 5) is 0. The largest absolute Gasteiger partial charge is 1.00 e. The molecular weight excluding hydrogens is 549 g/mol. The summed E-state index contributed by atoms with van der Waals surface area (Å²) in [6.45, 7) is 0. The number of hydrogen-bond donors (Lipinski definition) is 22. The third-order valence-electron chi connectivity index (χ3n) is 0. The summed E-state index contributed by atoms with van der Waals surface area (Å²) in [5.74, 6) is 0. The molecule has 34 heavy (non-hydrogen) atoms. The molecule has 0 aliphatic rings. The Bertz CT molecular complexity index is 147. The molecule has 192 valence electrons. The van der Waals surface area contributed by atoms with E-state index < -0.39 is 58.6 Å². The molecule has 0 aliphatic heterocycles. The molecule has 0 saturated carbocycles. The molecule has 0 saturated heterocycles. The van der Waals surface area contributed by atoms with Crippen LogP contribution in [0.25, 0.3) is 0 Å². The van der Waals surface area contributed by atoms with E-state index >= 15 is 0 Å².